The van der Waals surface area contributed by atoms with Crippen LogP contribution in [-0.4, -0.2) is 41.9 Å². The second-order valence-electron chi connectivity index (χ2n) is 5.96. The summed E-state index contributed by atoms with van der Waals surface area (Å²) in [5.74, 6) is 0.595. The van der Waals surface area contributed by atoms with Crippen LogP contribution in [0.25, 0.3) is 0 Å². The Kier molecular flexibility index (Phi) is 3.61. The van der Waals surface area contributed by atoms with Crippen molar-refractivity contribution in [2.45, 2.75) is 31.4 Å². The predicted molar refractivity (Wildman–Crippen MR) is 77.0 cm³/mol. The second kappa shape index (κ2) is 5.23. The first-order chi connectivity index (χ1) is 9.23. The van der Waals surface area contributed by atoms with E-state index in [-0.39, 0.29) is 5.92 Å². The molecule has 0 spiro atoms. The molecule has 1 aliphatic carbocycles. The summed E-state index contributed by atoms with van der Waals surface area (Å²) in [5.41, 5.74) is 0.622. The molecule has 1 saturated heterocycles. The van der Waals surface area contributed by atoms with Crippen molar-refractivity contribution in [3.05, 3.63) is 35.9 Å². The van der Waals surface area contributed by atoms with Crippen LogP contribution in [0.4, 0.5) is 0 Å². The summed E-state index contributed by atoms with van der Waals surface area (Å²) in [6.07, 6.45) is 2.20. The van der Waals surface area contributed by atoms with Crippen LogP contribution in [-0.2, 0) is 0 Å². The Morgan fingerprint density at radius 2 is 1.84 bits per heavy atom. The van der Waals surface area contributed by atoms with Crippen molar-refractivity contribution in [3.63, 3.8) is 0 Å². The van der Waals surface area contributed by atoms with Gasteiger partial charge in [-0.05, 0) is 24.3 Å². The monoisotopic (exact) mass is 260 g/mol. The fraction of sp³-hybridized carbons (Fsp3) is 0.625. The third-order valence-corrected chi connectivity index (χ3v) is 4.95. The first-order valence-electron chi connectivity index (χ1n) is 7.46. The average molecular weight is 260 g/mol. The molecule has 2 N–H and O–H groups in total. The second-order valence-corrected chi connectivity index (χ2v) is 5.96. The zero-order valence-electron chi connectivity index (χ0n) is 11.7. The first-order valence-corrected chi connectivity index (χ1v) is 7.46. The highest BCUT2D eigenvalue weighted by Crippen LogP contribution is 2.48. The third kappa shape index (κ3) is 2.20. The Hall–Kier alpha value is -0.900. The predicted octanol–water partition coefficient (Wildman–Crippen LogP) is 1.79. The highest BCUT2D eigenvalue weighted by molar-refractivity contribution is 5.25. The number of hydrogen-bond donors (Lipinski definition) is 2. The van der Waals surface area contributed by atoms with Gasteiger partial charge in [0.1, 0.15) is 5.72 Å². The van der Waals surface area contributed by atoms with Gasteiger partial charge in [-0.1, -0.05) is 37.3 Å². The molecule has 3 rings (SSSR count). The number of hydrogen-bond acceptors (Lipinski definition) is 3. The summed E-state index contributed by atoms with van der Waals surface area (Å²) < 4.78 is 0. The molecular weight excluding hydrogens is 236 g/mol. The first kappa shape index (κ1) is 13.1. The molecule has 2 fully saturated rings. The summed E-state index contributed by atoms with van der Waals surface area (Å²) in [6, 6.07) is 10.5. The third-order valence-electron chi connectivity index (χ3n) is 4.95. The van der Waals surface area contributed by atoms with Gasteiger partial charge >= 0.3 is 0 Å². The number of piperazine rings is 1. The zero-order chi connectivity index (χ0) is 13.3. The fourth-order valence-electron chi connectivity index (χ4n) is 3.84. The standard InChI is InChI=1S/C16H24N2O/c1-13-7-8-15(14-5-3-2-4-6-14)16(13,19)18-11-9-17-10-12-18/h2-6,13,15,17,19H,7-12H2,1H3. The van der Waals surface area contributed by atoms with Crippen molar-refractivity contribution >= 4 is 0 Å². The molecular formula is C16H24N2O. The number of aliphatic hydroxyl groups is 1. The van der Waals surface area contributed by atoms with E-state index in [4.69, 9.17) is 0 Å². The molecule has 3 unspecified atom stereocenters. The van der Waals surface area contributed by atoms with Crippen molar-refractivity contribution in [2.75, 3.05) is 26.2 Å². The average Bonchev–Trinajstić information content (AvgIpc) is 2.78. The minimum absolute atomic E-state index is 0.252. The Morgan fingerprint density at radius 3 is 2.53 bits per heavy atom. The van der Waals surface area contributed by atoms with E-state index in [9.17, 15) is 5.11 Å². The molecule has 3 atom stereocenters. The Morgan fingerprint density at radius 1 is 1.16 bits per heavy atom. The van der Waals surface area contributed by atoms with Crippen molar-refractivity contribution in [3.8, 4) is 0 Å². The van der Waals surface area contributed by atoms with Crippen LogP contribution >= 0.6 is 0 Å². The molecule has 0 aromatic heterocycles. The number of rotatable bonds is 2. The molecule has 2 aliphatic rings. The molecule has 1 saturated carbocycles. The van der Waals surface area contributed by atoms with Gasteiger partial charge in [0.2, 0.25) is 0 Å². The highest BCUT2D eigenvalue weighted by Gasteiger charge is 2.51. The lowest BCUT2D eigenvalue weighted by atomic mass is 9.86. The van der Waals surface area contributed by atoms with Crippen LogP contribution in [0.3, 0.4) is 0 Å². The summed E-state index contributed by atoms with van der Waals surface area (Å²) in [7, 11) is 0. The normalized spacial score (nSPS) is 36.5. The van der Waals surface area contributed by atoms with Gasteiger partial charge < -0.3 is 10.4 Å². The number of nitrogens with zero attached hydrogens (tertiary/aromatic N) is 1. The molecule has 3 nitrogen and oxygen atoms in total. The molecule has 104 valence electrons. The van der Waals surface area contributed by atoms with Crippen LogP contribution < -0.4 is 5.32 Å². The molecule has 0 amide bonds. The number of benzene rings is 1. The largest absolute Gasteiger partial charge is 0.375 e. The van der Waals surface area contributed by atoms with E-state index in [0.717, 1.165) is 39.0 Å². The van der Waals surface area contributed by atoms with Crippen LogP contribution in [0.15, 0.2) is 30.3 Å². The molecule has 1 aromatic rings. The maximum atomic E-state index is 11.4. The molecule has 0 bridgehead atoms. The van der Waals surface area contributed by atoms with Crippen molar-refractivity contribution in [1.82, 2.24) is 10.2 Å². The van der Waals surface area contributed by atoms with Gasteiger partial charge in [-0.15, -0.1) is 0 Å². The van der Waals surface area contributed by atoms with E-state index >= 15 is 0 Å². The quantitative estimate of drug-likeness (QED) is 0.851. The molecule has 19 heavy (non-hydrogen) atoms. The van der Waals surface area contributed by atoms with E-state index in [1.807, 2.05) is 6.07 Å². The maximum absolute atomic E-state index is 11.4. The maximum Gasteiger partial charge on any atom is 0.128 e. The smallest absolute Gasteiger partial charge is 0.128 e. The van der Waals surface area contributed by atoms with Crippen LogP contribution in [0.1, 0.15) is 31.2 Å². The summed E-state index contributed by atoms with van der Waals surface area (Å²) in [6.45, 7) is 6.06. The molecule has 1 heterocycles. The van der Waals surface area contributed by atoms with Gasteiger partial charge in [0.15, 0.2) is 0 Å². The van der Waals surface area contributed by atoms with Crippen molar-refractivity contribution in [1.29, 1.82) is 0 Å². The molecule has 3 heteroatoms. The van der Waals surface area contributed by atoms with E-state index < -0.39 is 5.72 Å². The Balaban J connectivity index is 1.91. The van der Waals surface area contributed by atoms with E-state index in [1.165, 1.54) is 5.56 Å². The zero-order valence-corrected chi connectivity index (χ0v) is 11.7. The number of nitrogens with one attached hydrogen (secondary N) is 1. The van der Waals surface area contributed by atoms with Gasteiger partial charge in [-0.25, -0.2) is 0 Å². The Bertz CT molecular complexity index is 416. The van der Waals surface area contributed by atoms with Gasteiger partial charge in [-0.2, -0.15) is 0 Å². The molecule has 0 radical (unpaired) electrons. The lowest BCUT2D eigenvalue weighted by Crippen LogP contribution is -2.59. The van der Waals surface area contributed by atoms with Crippen molar-refractivity contribution < 1.29 is 5.11 Å². The summed E-state index contributed by atoms with van der Waals surface area (Å²) in [4.78, 5) is 2.30. The highest BCUT2D eigenvalue weighted by atomic mass is 16.3. The van der Waals surface area contributed by atoms with Gasteiger partial charge in [0, 0.05) is 32.1 Å². The summed E-state index contributed by atoms with van der Waals surface area (Å²) in [5, 5.41) is 14.8. The van der Waals surface area contributed by atoms with E-state index in [0.29, 0.717) is 5.92 Å². The van der Waals surface area contributed by atoms with Gasteiger partial charge in [-0.3, -0.25) is 4.90 Å². The lowest BCUT2D eigenvalue weighted by molar-refractivity contribution is -0.146. The molecule has 1 aromatic carbocycles. The van der Waals surface area contributed by atoms with Crippen LogP contribution in [0.5, 0.6) is 0 Å². The lowest BCUT2D eigenvalue weighted by Gasteiger charge is -2.46. The van der Waals surface area contributed by atoms with E-state index in [1.54, 1.807) is 0 Å². The van der Waals surface area contributed by atoms with Crippen LogP contribution in [0, 0.1) is 5.92 Å². The minimum Gasteiger partial charge on any atom is -0.375 e. The SMILES string of the molecule is CC1CCC(c2ccccc2)C1(O)N1CCNCC1. The fourth-order valence-corrected chi connectivity index (χ4v) is 3.84. The van der Waals surface area contributed by atoms with Gasteiger partial charge in [0.05, 0.1) is 0 Å². The van der Waals surface area contributed by atoms with E-state index in [2.05, 4.69) is 41.4 Å². The minimum atomic E-state index is -0.663. The molecule has 1 aliphatic heterocycles. The summed E-state index contributed by atoms with van der Waals surface area (Å²) >= 11 is 0. The Labute approximate surface area is 115 Å². The topological polar surface area (TPSA) is 35.5 Å². The van der Waals surface area contributed by atoms with Gasteiger partial charge in [0.25, 0.3) is 0 Å². The van der Waals surface area contributed by atoms with Crippen LogP contribution in [0.2, 0.25) is 0 Å². The van der Waals surface area contributed by atoms with Crippen molar-refractivity contribution in [2.24, 2.45) is 5.92 Å².